The van der Waals surface area contributed by atoms with Crippen LogP contribution in [0.5, 0.6) is 0 Å². The lowest BCUT2D eigenvalue weighted by Gasteiger charge is -2.30. The van der Waals surface area contributed by atoms with Crippen LogP contribution in [0.2, 0.25) is 0 Å². The van der Waals surface area contributed by atoms with Crippen molar-refractivity contribution in [1.29, 1.82) is 0 Å². The maximum atomic E-state index is 12.5. The molecular weight excluding hydrogens is 347 g/mol. The molecule has 0 spiro atoms. The monoisotopic (exact) mass is 376 g/mol. The smallest absolute Gasteiger partial charge is 0.223 e. The average molecular weight is 377 g/mol. The fourth-order valence-electron chi connectivity index (χ4n) is 4.03. The first-order valence-electron chi connectivity index (χ1n) is 8.49. The van der Waals surface area contributed by atoms with Gasteiger partial charge in [0.1, 0.15) is 0 Å². The predicted molar refractivity (Wildman–Crippen MR) is 101 cm³/mol. The Labute approximate surface area is 157 Å². The summed E-state index contributed by atoms with van der Waals surface area (Å²) in [4.78, 5) is 12.5. The zero-order valence-electron chi connectivity index (χ0n) is 15.0. The summed E-state index contributed by atoms with van der Waals surface area (Å²) in [6, 6.07) is 1.58. The summed E-state index contributed by atoms with van der Waals surface area (Å²) in [6.07, 6.45) is 5.47. The molecule has 1 aromatic rings. The molecule has 3 heterocycles. The van der Waals surface area contributed by atoms with Gasteiger partial charge in [-0.2, -0.15) is 5.10 Å². The molecule has 2 aliphatic rings. The Morgan fingerprint density at radius 3 is 2.38 bits per heavy atom. The number of aryl methyl sites for hydroxylation is 2. The van der Waals surface area contributed by atoms with E-state index in [1.54, 1.807) is 0 Å². The first-order chi connectivity index (χ1) is 10.4. The number of piperidine rings is 1. The summed E-state index contributed by atoms with van der Waals surface area (Å²) in [7, 11) is 1.96. The summed E-state index contributed by atoms with van der Waals surface area (Å²) in [5.74, 6) is 0.183. The van der Waals surface area contributed by atoms with Crippen molar-refractivity contribution in [2.45, 2.75) is 71.0 Å². The van der Waals surface area contributed by atoms with Crippen LogP contribution >= 0.6 is 24.8 Å². The second-order valence-electron chi connectivity index (χ2n) is 7.19. The standard InChI is InChI=1S/C17H28N4O.2ClH/c1-10(7-16-11(2)20-21(4)12(16)3)17(22)19-15-8-13-5-6-14(9-15)18-13;;/h10,13-15,18H,5-9H2,1-4H3,(H,19,22);2*1H. The molecule has 0 aromatic carbocycles. The molecule has 3 unspecified atom stereocenters. The van der Waals surface area contributed by atoms with Gasteiger partial charge in [0.25, 0.3) is 0 Å². The Kier molecular flexibility index (Phi) is 7.57. The normalized spacial score (nSPS) is 26.2. The Hall–Kier alpha value is -0.780. The first kappa shape index (κ1) is 21.3. The molecule has 3 rings (SSSR count). The number of rotatable bonds is 4. The minimum atomic E-state index is -0.00543. The lowest BCUT2D eigenvalue weighted by molar-refractivity contribution is -0.125. The van der Waals surface area contributed by atoms with Crippen LogP contribution in [0.3, 0.4) is 0 Å². The van der Waals surface area contributed by atoms with E-state index in [0.717, 1.165) is 30.7 Å². The topological polar surface area (TPSA) is 59.0 Å². The van der Waals surface area contributed by atoms with Crippen LogP contribution in [-0.2, 0) is 18.3 Å². The number of fused-ring (bicyclic) bond motifs is 2. The molecule has 24 heavy (non-hydrogen) atoms. The predicted octanol–water partition coefficient (Wildman–Crippen LogP) is 2.46. The highest BCUT2D eigenvalue weighted by Crippen LogP contribution is 2.27. The van der Waals surface area contributed by atoms with Crippen molar-refractivity contribution in [2.75, 3.05) is 0 Å². The Bertz CT molecular complexity index is 563. The van der Waals surface area contributed by atoms with Gasteiger partial charge in [-0.1, -0.05) is 6.92 Å². The van der Waals surface area contributed by atoms with Gasteiger partial charge >= 0.3 is 0 Å². The summed E-state index contributed by atoms with van der Waals surface area (Å²) in [5.41, 5.74) is 3.42. The van der Waals surface area contributed by atoms with Gasteiger partial charge in [-0.15, -0.1) is 24.8 Å². The fourth-order valence-corrected chi connectivity index (χ4v) is 4.03. The van der Waals surface area contributed by atoms with Crippen LogP contribution in [0.4, 0.5) is 0 Å². The highest BCUT2D eigenvalue weighted by molar-refractivity contribution is 5.85. The third kappa shape index (κ3) is 4.44. The van der Waals surface area contributed by atoms with Crippen LogP contribution in [0, 0.1) is 19.8 Å². The zero-order chi connectivity index (χ0) is 15.9. The largest absolute Gasteiger partial charge is 0.353 e. The molecule has 138 valence electrons. The van der Waals surface area contributed by atoms with Crippen LogP contribution in [0.25, 0.3) is 0 Å². The average Bonchev–Trinajstić information content (AvgIpc) is 2.92. The van der Waals surface area contributed by atoms with E-state index < -0.39 is 0 Å². The number of hydrogen-bond acceptors (Lipinski definition) is 3. The number of hydrogen-bond donors (Lipinski definition) is 2. The molecule has 2 bridgehead atoms. The number of aromatic nitrogens is 2. The van der Waals surface area contributed by atoms with Crippen LogP contribution in [0.15, 0.2) is 0 Å². The van der Waals surface area contributed by atoms with Crippen molar-refractivity contribution >= 4 is 30.7 Å². The lowest BCUT2D eigenvalue weighted by Crippen LogP contribution is -2.49. The molecule has 0 aliphatic carbocycles. The van der Waals surface area contributed by atoms with Gasteiger partial charge in [0.05, 0.1) is 5.69 Å². The number of nitrogens with one attached hydrogen (secondary N) is 2. The molecule has 2 aliphatic heterocycles. The molecule has 5 nitrogen and oxygen atoms in total. The molecule has 7 heteroatoms. The van der Waals surface area contributed by atoms with E-state index in [1.165, 1.54) is 18.4 Å². The van der Waals surface area contributed by atoms with Gasteiger partial charge < -0.3 is 10.6 Å². The first-order valence-corrected chi connectivity index (χ1v) is 8.49. The fraction of sp³-hybridized carbons (Fsp3) is 0.765. The van der Waals surface area contributed by atoms with Crippen molar-refractivity contribution in [3.8, 4) is 0 Å². The minimum absolute atomic E-state index is 0. The molecule has 2 N–H and O–H groups in total. The SMILES string of the molecule is Cc1nn(C)c(C)c1CC(C)C(=O)NC1CC2CCC(C1)N2.Cl.Cl. The van der Waals surface area contributed by atoms with Gasteiger partial charge in [-0.3, -0.25) is 9.48 Å². The number of carbonyl (C=O) groups is 1. The molecule has 0 saturated carbocycles. The van der Waals surface area contributed by atoms with Crippen molar-refractivity contribution in [3.05, 3.63) is 17.0 Å². The highest BCUT2D eigenvalue weighted by atomic mass is 35.5. The van der Waals surface area contributed by atoms with Crippen LogP contribution in [0.1, 0.15) is 49.6 Å². The van der Waals surface area contributed by atoms with Crippen molar-refractivity contribution < 1.29 is 4.79 Å². The van der Waals surface area contributed by atoms with E-state index in [1.807, 2.05) is 25.6 Å². The highest BCUT2D eigenvalue weighted by Gasteiger charge is 2.34. The van der Waals surface area contributed by atoms with E-state index in [2.05, 4.69) is 22.7 Å². The molecule has 0 radical (unpaired) electrons. The minimum Gasteiger partial charge on any atom is -0.353 e. The molecule has 2 saturated heterocycles. The van der Waals surface area contributed by atoms with Crippen molar-refractivity contribution in [1.82, 2.24) is 20.4 Å². The number of nitrogens with zero attached hydrogens (tertiary/aromatic N) is 2. The van der Waals surface area contributed by atoms with Gasteiger partial charge in [0.15, 0.2) is 0 Å². The Morgan fingerprint density at radius 2 is 1.88 bits per heavy atom. The Balaban J connectivity index is 0.00000144. The lowest BCUT2D eigenvalue weighted by atomic mass is 9.96. The number of amides is 1. The van der Waals surface area contributed by atoms with Gasteiger partial charge in [0.2, 0.25) is 5.91 Å². The van der Waals surface area contributed by atoms with Crippen molar-refractivity contribution in [2.24, 2.45) is 13.0 Å². The van der Waals surface area contributed by atoms with E-state index in [0.29, 0.717) is 18.1 Å². The van der Waals surface area contributed by atoms with E-state index in [9.17, 15) is 4.79 Å². The summed E-state index contributed by atoms with van der Waals surface area (Å²) >= 11 is 0. The second-order valence-corrected chi connectivity index (χ2v) is 7.19. The number of carbonyl (C=O) groups excluding carboxylic acids is 1. The maximum absolute atomic E-state index is 12.5. The third-order valence-corrected chi connectivity index (χ3v) is 5.44. The summed E-state index contributed by atoms with van der Waals surface area (Å²) in [5, 5.41) is 11.3. The van der Waals surface area contributed by atoms with Gasteiger partial charge in [-0.25, -0.2) is 0 Å². The molecule has 1 aromatic heterocycles. The quantitative estimate of drug-likeness (QED) is 0.848. The Morgan fingerprint density at radius 1 is 1.29 bits per heavy atom. The van der Waals surface area contributed by atoms with Gasteiger partial charge in [0, 0.05) is 36.8 Å². The zero-order valence-corrected chi connectivity index (χ0v) is 16.6. The molecule has 3 atom stereocenters. The van der Waals surface area contributed by atoms with Gasteiger partial charge in [-0.05, 0) is 51.5 Å². The second kappa shape index (κ2) is 8.54. The van der Waals surface area contributed by atoms with E-state index in [-0.39, 0.29) is 36.6 Å². The van der Waals surface area contributed by atoms with Crippen molar-refractivity contribution in [3.63, 3.8) is 0 Å². The van der Waals surface area contributed by atoms with E-state index in [4.69, 9.17) is 0 Å². The summed E-state index contributed by atoms with van der Waals surface area (Å²) in [6.45, 7) is 6.12. The van der Waals surface area contributed by atoms with Crippen LogP contribution in [-0.4, -0.2) is 33.8 Å². The maximum Gasteiger partial charge on any atom is 0.223 e. The molecular formula is C17H30Cl2N4O. The van der Waals surface area contributed by atoms with Crippen LogP contribution < -0.4 is 10.6 Å². The third-order valence-electron chi connectivity index (χ3n) is 5.44. The summed E-state index contributed by atoms with van der Waals surface area (Å²) < 4.78 is 1.90. The van der Waals surface area contributed by atoms with E-state index >= 15 is 0 Å². The number of halogens is 2. The molecule has 2 fully saturated rings. The molecule has 1 amide bonds.